The van der Waals surface area contributed by atoms with E-state index in [1.807, 2.05) is 6.07 Å². The summed E-state index contributed by atoms with van der Waals surface area (Å²) in [6, 6.07) is 7.43. The van der Waals surface area contributed by atoms with Gasteiger partial charge >= 0.3 is 0 Å². The normalized spacial score (nSPS) is 9.90. The Morgan fingerprint density at radius 1 is 1.38 bits per heavy atom. The topological polar surface area (TPSA) is 101 Å². The van der Waals surface area contributed by atoms with Crippen LogP contribution in [0.3, 0.4) is 0 Å². The van der Waals surface area contributed by atoms with Crippen LogP contribution in [0.5, 0.6) is 5.75 Å². The number of halogens is 2. The van der Waals surface area contributed by atoms with Crippen LogP contribution in [-0.2, 0) is 6.54 Å². The summed E-state index contributed by atoms with van der Waals surface area (Å²) >= 11 is 5.82. The molecule has 0 aliphatic heterocycles. The largest absolute Gasteiger partial charge is 0.490 e. The molecule has 21 heavy (non-hydrogen) atoms. The first-order chi connectivity index (χ1) is 10.1. The number of nitrogen functional groups attached to an aromatic ring is 1. The van der Waals surface area contributed by atoms with Crippen LogP contribution >= 0.6 is 11.6 Å². The Labute approximate surface area is 124 Å². The van der Waals surface area contributed by atoms with Crippen LogP contribution in [-0.4, -0.2) is 16.2 Å². The van der Waals surface area contributed by atoms with Crippen molar-refractivity contribution in [2.45, 2.75) is 6.54 Å². The summed E-state index contributed by atoms with van der Waals surface area (Å²) in [5.41, 5.74) is 5.68. The smallest absolute Gasteiger partial charge is 0.202 e. The van der Waals surface area contributed by atoms with Gasteiger partial charge in [0.25, 0.3) is 0 Å². The molecular weight excluding hydrogens is 297 g/mol. The summed E-state index contributed by atoms with van der Waals surface area (Å²) in [6.07, 6.45) is 0. The van der Waals surface area contributed by atoms with Gasteiger partial charge in [-0.25, -0.2) is 9.37 Å². The maximum absolute atomic E-state index is 12.9. The molecule has 0 spiro atoms. The fraction of sp³-hybridized carbons (Fsp3) is 0.154. The maximum atomic E-state index is 12.9. The molecule has 0 radical (unpaired) electrons. The van der Waals surface area contributed by atoms with Gasteiger partial charge in [-0.2, -0.15) is 10.5 Å². The van der Waals surface area contributed by atoms with E-state index in [1.165, 1.54) is 16.7 Å². The van der Waals surface area contributed by atoms with Crippen molar-refractivity contribution < 1.29 is 9.13 Å². The van der Waals surface area contributed by atoms with E-state index in [9.17, 15) is 4.39 Å². The van der Waals surface area contributed by atoms with E-state index in [4.69, 9.17) is 32.6 Å². The van der Waals surface area contributed by atoms with Gasteiger partial charge in [-0.05, 0) is 18.2 Å². The number of hydrogen-bond donors (Lipinski definition) is 1. The lowest BCUT2D eigenvalue weighted by atomic mass is 10.3. The molecule has 106 valence electrons. The molecule has 0 saturated carbocycles. The lowest BCUT2D eigenvalue weighted by molar-refractivity contribution is 0.298. The highest BCUT2D eigenvalue weighted by atomic mass is 35.5. The number of aromatic nitrogens is 2. The fourth-order valence-corrected chi connectivity index (χ4v) is 1.95. The second-order valence-electron chi connectivity index (χ2n) is 3.97. The molecule has 0 amide bonds. The molecule has 2 N–H and O–H groups in total. The second-order valence-corrected chi connectivity index (χ2v) is 4.37. The van der Waals surface area contributed by atoms with Crippen molar-refractivity contribution in [3.8, 4) is 17.9 Å². The number of anilines is 1. The highest BCUT2D eigenvalue weighted by Crippen LogP contribution is 2.25. The van der Waals surface area contributed by atoms with E-state index in [0.717, 1.165) is 6.07 Å². The molecule has 0 unspecified atom stereocenters. The van der Waals surface area contributed by atoms with Gasteiger partial charge in [0.15, 0.2) is 11.4 Å². The standard InChI is InChI=1S/C13H9ClFN5O/c14-9-5-8(15)1-2-12(9)21-4-3-20-11(7-17)10(6-16)19-13(20)18/h1-2,5H,3-4H2,(H2,18,19). The lowest BCUT2D eigenvalue weighted by Crippen LogP contribution is -2.12. The first kappa shape index (κ1) is 14.6. The number of benzene rings is 1. The highest BCUT2D eigenvalue weighted by Gasteiger charge is 2.14. The summed E-state index contributed by atoms with van der Waals surface area (Å²) in [6.45, 7) is 0.336. The molecule has 6 nitrogen and oxygen atoms in total. The fourth-order valence-electron chi connectivity index (χ4n) is 1.73. The van der Waals surface area contributed by atoms with Crippen molar-refractivity contribution >= 4 is 17.5 Å². The van der Waals surface area contributed by atoms with Crippen LogP contribution in [0.4, 0.5) is 10.3 Å². The molecule has 0 fully saturated rings. The van der Waals surface area contributed by atoms with E-state index in [1.54, 1.807) is 6.07 Å². The number of nitrogens with two attached hydrogens (primary N) is 1. The Morgan fingerprint density at radius 3 is 2.76 bits per heavy atom. The zero-order valence-electron chi connectivity index (χ0n) is 10.7. The zero-order valence-corrected chi connectivity index (χ0v) is 11.4. The molecular formula is C13H9ClFN5O. The summed E-state index contributed by atoms with van der Waals surface area (Å²) in [5.74, 6) is -0.0932. The van der Waals surface area contributed by atoms with Gasteiger partial charge in [-0.1, -0.05) is 11.6 Å². The Kier molecular flexibility index (Phi) is 4.27. The molecule has 1 aromatic carbocycles. The lowest BCUT2D eigenvalue weighted by Gasteiger charge is -2.09. The number of hydrogen-bond acceptors (Lipinski definition) is 5. The number of ether oxygens (including phenoxy) is 1. The minimum absolute atomic E-state index is 0.0326. The van der Waals surface area contributed by atoms with Crippen molar-refractivity contribution in [3.05, 3.63) is 40.4 Å². The van der Waals surface area contributed by atoms with Gasteiger partial charge in [-0.15, -0.1) is 0 Å². The minimum Gasteiger partial charge on any atom is -0.490 e. The summed E-state index contributed by atoms with van der Waals surface area (Å²) in [5, 5.41) is 18.0. The maximum Gasteiger partial charge on any atom is 0.202 e. The number of rotatable bonds is 4. The van der Waals surface area contributed by atoms with E-state index in [-0.39, 0.29) is 35.5 Å². The van der Waals surface area contributed by atoms with E-state index < -0.39 is 5.82 Å². The molecule has 0 bridgehead atoms. The first-order valence-electron chi connectivity index (χ1n) is 5.81. The van der Waals surface area contributed by atoms with E-state index in [2.05, 4.69) is 4.98 Å². The average molecular weight is 306 g/mol. The van der Waals surface area contributed by atoms with E-state index in [0.29, 0.717) is 5.75 Å². The Bertz CT molecular complexity index is 759. The molecule has 0 aliphatic carbocycles. The Balaban J connectivity index is 2.09. The summed E-state index contributed by atoms with van der Waals surface area (Å²) in [4.78, 5) is 3.78. The molecule has 2 rings (SSSR count). The van der Waals surface area contributed by atoms with Crippen molar-refractivity contribution in [1.29, 1.82) is 10.5 Å². The van der Waals surface area contributed by atoms with Crippen molar-refractivity contribution in [1.82, 2.24) is 9.55 Å². The third-order valence-electron chi connectivity index (χ3n) is 2.68. The molecule has 1 heterocycles. The van der Waals surface area contributed by atoms with Crippen LogP contribution in [0.2, 0.25) is 5.02 Å². The van der Waals surface area contributed by atoms with Crippen molar-refractivity contribution in [2.75, 3.05) is 12.3 Å². The first-order valence-corrected chi connectivity index (χ1v) is 6.18. The van der Waals surface area contributed by atoms with Crippen LogP contribution in [0, 0.1) is 28.5 Å². The second kappa shape index (κ2) is 6.12. The van der Waals surface area contributed by atoms with Gasteiger partial charge in [0.05, 0.1) is 11.6 Å². The zero-order chi connectivity index (χ0) is 15.4. The van der Waals surface area contributed by atoms with Crippen LogP contribution < -0.4 is 10.5 Å². The molecule has 0 aliphatic rings. The predicted octanol–water partition coefficient (Wildman–Crippen LogP) is 2.08. The molecule has 1 aromatic heterocycles. The van der Waals surface area contributed by atoms with Crippen LogP contribution in [0.1, 0.15) is 11.4 Å². The molecule has 2 aromatic rings. The van der Waals surface area contributed by atoms with Gasteiger partial charge in [0.1, 0.15) is 30.3 Å². The Hall–Kier alpha value is -2.77. The van der Waals surface area contributed by atoms with Crippen LogP contribution in [0.15, 0.2) is 18.2 Å². The Morgan fingerprint density at radius 2 is 2.14 bits per heavy atom. The third kappa shape index (κ3) is 3.04. The molecule has 0 atom stereocenters. The van der Waals surface area contributed by atoms with Crippen molar-refractivity contribution in [2.24, 2.45) is 0 Å². The third-order valence-corrected chi connectivity index (χ3v) is 2.97. The summed E-state index contributed by atoms with van der Waals surface area (Å²) < 4.78 is 19.7. The van der Waals surface area contributed by atoms with Gasteiger partial charge < -0.3 is 10.5 Å². The number of nitriles is 2. The average Bonchev–Trinajstić information content (AvgIpc) is 2.77. The minimum atomic E-state index is -0.461. The monoisotopic (exact) mass is 305 g/mol. The van der Waals surface area contributed by atoms with Crippen LogP contribution in [0.25, 0.3) is 0 Å². The molecule has 8 heteroatoms. The number of nitrogens with zero attached hydrogens (tertiary/aromatic N) is 4. The van der Waals surface area contributed by atoms with Gasteiger partial charge in [0.2, 0.25) is 5.95 Å². The SMILES string of the molecule is N#Cc1nc(N)n(CCOc2ccc(F)cc2Cl)c1C#N. The molecule has 0 saturated heterocycles. The van der Waals surface area contributed by atoms with Gasteiger partial charge in [-0.3, -0.25) is 4.57 Å². The number of imidazole rings is 1. The van der Waals surface area contributed by atoms with E-state index >= 15 is 0 Å². The highest BCUT2D eigenvalue weighted by molar-refractivity contribution is 6.32. The van der Waals surface area contributed by atoms with Gasteiger partial charge in [0, 0.05) is 0 Å². The quantitative estimate of drug-likeness (QED) is 0.932. The predicted molar refractivity (Wildman–Crippen MR) is 73.0 cm³/mol. The van der Waals surface area contributed by atoms with Crippen molar-refractivity contribution in [3.63, 3.8) is 0 Å². The summed E-state index contributed by atoms with van der Waals surface area (Å²) in [7, 11) is 0.